The Hall–Kier alpha value is -2.18. The van der Waals surface area contributed by atoms with Gasteiger partial charge in [0.2, 0.25) is 5.95 Å². The summed E-state index contributed by atoms with van der Waals surface area (Å²) >= 11 is 0. The van der Waals surface area contributed by atoms with Crippen molar-refractivity contribution in [1.29, 1.82) is 0 Å². The van der Waals surface area contributed by atoms with E-state index in [1.165, 1.54) is 0 Å². The minimum absolute atomic E-state index is 0.0105. The third-order valence-electron chi connectivity index (χ3n) is 1.77. The zero-order valence-corrected chi connectivity index (χ0v) is 7.40. The van der Waals surface area contributed by atoms with Crippen LogP contribution in [-0.4, -0.2) is 19.9 Å². The molecule has 0 bridgehead atoms. The summed E-state index contributed by atoms with van der Waals surface area (Å²) in [5, 5.41) is 0. The first-order valence-corrected chi connectivity index (χ1v) is 3.87. The fourth-order valence-corrected chi connectivity index (χ4v) is 1.10. The summed E-state index contributed by atoms with van der Waals surface area (Å²) in [4.78, 5) is 25.2. The van der Waals surface area contributed by atoms with Gasteiger partial charge in [-0.2, -0.15) is 9.97 Å². The van der Waals surface area contributed by atoms with Gasteiger partial charge >= 0.3 is 0 Å². The number of nitrogens with zero attached hydrogens (tertiary/aromatic N) is 3. The van der Waals surface area contributed by atoms with E-state index in [2.05, 4.69) is 19.9 Å². The second-order valence-electron chi connectivity index (χ2n) is 2.82. The standard InChI is InChI=1S/C7H8N6O/c1-2-6(14)12-5-3(10-2)4(8)11-7(9)13-5/h1H3,(H5,8,9,11,12,13,14). The molecule has 5 N–H and O–H groups in total. The first-order chi connectivity index (χ1) is 6.58. The summed E-state index contributed by atoms with van der Waals surface area (Å²) in [5.41, 5.74) is 11.5. The van der Waals surface area contributed by atoms with Gasteiger partial charge < -0.3 is 16.5 Å². The molecule has 0 fully saturated rings. The van der Waals surface area contributed by atoms with Gasteiger partial charge in [-0.3, -0.25) is 4.79 Å². The lowest BCUT2D eigenvalue weighted by Gasteiger charge is -2.01. The maximum absolute atomic E-state index is 11.2. The smallest absolute Gasteiger partial charge is 0.270 e. The molecule has 0 aliphatic carbocycles. The fraction of sp³-hybridized carbons (Fsp3) is 0.143. The van der Waals surface area contributed by atoms with Crippen LogP contribution in [0.5, 0.6) is 0 Å². The van der Waals surface area contributed by atoms with Gasteiger partial charge in [0.05, 0.1) is 0 Å². The molecule has 0 aliphatic rings. The van der Waals surface area contributed by atoms with Crippen LogP contribution in [-0.2, 0) is 0 Å². The topological polar surface area (TPSA) is 124 Å². The predicted molar refractivity (Wildman–Crippen MR) is 51.5 cm³/mol. The lowest BCUT2D eigenvalue weighted by molar-refractivity contribution is 1.08. The normalized spacial score (nSPS) is 10.6. The van der Waals surface area contributed by atoms with Crippen LogP contribution in [0, 0.1) is 6.92 Å². The van der Waals surface area contributed by atoms with Crippen molar-refractivity contribution in [2.24, 2.45) is 0 Å². The Morgan fingerprint density at radius 1 is 1.21 bits per heavy atom. The molecule has 7 nitrogen and oxygen atoms in total. The van der Waals surface area contributed by atoms with Gasteiger partial charge in [-0.25, -0.2) is 4.98 Å². The number of nitrogens with two attached hydrogens (primary N) is 2. The van der Waals surface area contributed by atoms with E-state index >= 15 is 0 Å². The second kappa shape index (κ2) is 2.66. The summed E-state index contributed by atoms with van der Waals surface area (Å²) in [6.07, 6.45) is 0. The molecule has 0 aliphatic heterocycles. The third kappa shape index (κ3) is 1.15. The Labute approximate surface area is 78.2 Å². The van der Waals surface area contributed by atoms with E-state index in [9.17, 15) is 4.79 Å². The van der Waals surface area contributed by atoms with Gasteiger partial charge in [-0.15, -0.1) is 0 Å². The number of rotatable bonds is 0. The highest BCUT2D eigenvalue weighted by Crippen LogP contribution is 2.12. The summed E-state index contributed by atoms with van der Waals surface area (Å²) in [7, 11) is 0. The number of aromatic nitrogens is 4. The monoisotopic (exact) mass is 192 g/mol. The number of hydrogen-bond donors (Lipinski definition) is 3. The zero-order valence-electron chi connectivity index (χ0n) is 7.40. The SMILES string of the molecule is Cc1nc2c(N)nc(N)nc2[nH]c1=O. The largest absolute Gasteiger partial charge is 0.382 e. The lowest BCUT2D eigenvalue weighted by atomic mass is 10.4. The van der Waals surface area contributed by atoms with Crippen molar-refractivity contribution in [2.75, 3.05) is 11.5 Å². The van der Waals surface area contributed by atoms with Crippen molar-refractivity contribution in [1.82, 2.24) is 19.9 Å². The average molecular weight is 192 g/mol. The first-order valence-electron chi connectivity index (χ1n) is 3.87. The number of aryl methyl sites for hydroxylation is 1. The van der Waals surface area contributed by atoms with Crippen LogP contribution in [0.25, 0.3) is 11.2 Å². The molecular formula is C7H8N6O. The van der Waals surface area contributed by atoms with Crippen molar-refractivity contribution in [3.8, 4) is 0 Å². The third-order valence-corrected chi connectivity index (χ3v) is 1.77. The fourth-order valence-electron chi connectivity index (χ4n) is 1.10. The minimum atomic E-state index is -0.310. The molecule has 0 spiro atoms. The molecule has 0 atom stereocenters. The molecule has 0 aromatic carbocycles. The minimum Gasteiger partial charge on any atom is -0.382 e. The molecule has 2 heterocycles. The number of anilines is 2. The number of fused-ring (bicyclic) bond motifs is 1. The van der Waals surface area contributed by atoms with Crippen molar-refractivity contribution >= 4 is 22.9 Å². The molecule has 0 amide bonds. The summed E-state index contributed by atoms with van der Waals surface area (Å²) in [6.45, 7) is 1.58. The molecule has 0 saturated heterocycles. The number of aromatic amines is 1. The molecule has 14 heavy (non-hydrogen) atoms. The zero-order chi connectivity index (χ0) is 10.3. The Morgan fingerprint density at radius 2 is 1.93 bits per heavy atom. The molecule has 0 radical (unpaired) electrons. The van der Waals surface area contributed by atoms with Crippen LogP contribution in [0.3, 0.4) is 0 Å². The van der Waals surface area contributed by atoms with Gasteiger partial charge in [0, 0.05) is 0 Å². The van der Waals surface area contributed by atoms with E-state index in [1.807, 2.05) is 0 Å². The van der Waals surface area contributed by atoms with Gasteiger partial charge in [-0.05, 0) is 6.92 Å². The highest BCUT2D eigenvalue weighted by Gasteiger charge is 2.06. The van der Waals surface area contributed by atoms with E-state index in [0.717, 1.165) is 0 Å². The lowest BCUT2D eigenvalue weighted by Crippen LogP contribution is -2.14. The van der Waals surface area contributed by atoms with Crippen molar-refractivity contribution in [3.63, 3.8) is 0 Å². The van der Waals surface area contributed by atoms with Crippen molar-refractivity contribution in [3.05, 3.63) is 16.0 Å². The Balaban J connectivity index is 2.96. The summed E-state index contributed by atoms with van der Waals surface area (Å²) in [6, 6.07) is 0. The Morgan fingerprint density at radius 3 is 2.64 bits per heavy atom. The van der Waals surface area contributed by atoms with Crippen molar-refractivity contribution < 1.29 is 0 Å². The molecule has 2 rings (SSSR count). The highest BCUT2D eigenvalue weighted by atomic mass is 16.1. The molecule has 0 unspecified atom stereocenters. The molecule has 2 aromatic rings. The van der Waals surface area contributed by atoms with E-state index in [0.29, 0.717) is 11.2 Å². The number of nitrogen functional groups attached to an aromatic ring is 2. The molecule has 7 heteroatoms. The van der Waals surface area contributed by atoms with Crippen LogP contribution in [0.2, 0.25) is 0 Å². The molecular weight excluding hydrogens is 184 g/mol. The molecule has 72 valence electrons. The Kier molecular flexibility index (Phi) is 1.60. The maximum atomic E-state index is 11.2. The molecule has 2 aromatic heterocycles. The van der Waals surface area contributed by atoms with Crippen LogP contribution in [0.1, 0.15) is 5.69 Å². The number of H-pyrrole nitrogens is 1. The van der Waals surface area contributed by atoms with Crippen LogP contribution in [0.4, 0.5) is 11.8 Å². The summed E-state index contributed by atoms with van der Waals surface area (Å²) < 4.78 is 0. The average Bonchev–Trinajstić information content (AvgIpc) is 2.08. The van der Waals surface area contributed by atoms with Crippen LogP contribution >= 0.6 is 0 Å². The molecule has 0 saturated carbocycles. The van der Waals surface area contributed by atoms with Crippen LogP contribution in [0.15, 0.2) is 4.79 Å². The van der Waals surface area contributed by atoms with Gasteiger partial charge in [0.1, 0.15) is 11.2 Å². The number of hydrogen-bond acceptors (Lipinski definition) is 6. The van der Waals surface area contributed by atoms with E-state index < -0.39 is 0 Å². The van der Waals surface area contributed by atoms with E-state index in [-0.39, 0.29) is 23.0 Å². The predicted octanol–water partition coefficient (Wildman–Crippen LogP) is -0.814. The highest BCUT2D eigenvalue weighted by molar-refractivity contribution is 5.81. The van der Waals surface area contributed by atoms with Gasteiger partial charge in [-0.1, -0.05) is 0 Å². The second-order valence-corrected chi connectivity index (χ2v) is 2.82. The quantitative estimate of drug-likeness (QED) is 0.501. The van der Waals surface area contributed by atoms with E-state index in [4.69, 9.17) is 11.5 Å². The first kappa shape index (κ1) is 8.42. The van der Waals surface area contributed by atoms with Crippen molar-refractivity contribution in [2.45, 2.75) is 6.92 Å². The van der Waals surface area contributed by atoms with Crippen LogP contribution < -0.4 is 17.0 Å². The van der Waals surface area contributed by atoms with Gasteiger partial charge in [0.25, 0.3) is 5.56 Å². The van der Waals surface area contributed by atoms with Gasteiger partial charge in [0.15, 0.2) is 11.5 Å². The maximum Gasteiger partial charge on any atom is 0.270 e. The summed E-state index contributed by atoms with van der Waals surface area (Å²) in [5.74, 6) is 0.170. The number of nitrogens with one attached hydrogen (secondary N) is 1. The Bertz CT molecular complexity index is 560. The van der Waals surface area contributed by atoms with E-state index in [1.54, 1.807) is 6.92 Å².